The molecule has 2 rings (SSSR count). The van der Waals surface area contributed by atoms with Gasteiger partial charge < -0.3 is 11.5 Å². The van der Waals surface area contributed by atoms with Gasteiger partial charge >= 0.3 is 0 Å². The predicted octanol–water partition coefficient (Wildman–Crippen LogP) is 1.88. The molecule has 13 heavy (non-hydrogen) atoms. The number of anilines is 1. The number of fused-ring (bicyclic) bond motifs is 1. The Kier molecular flexibility index (Phi) is 1.91. The second kappa shape index (κ2) is 3.07. The van der Waals surface area contributed by atoms with Gasteiger partial charge in [0.1, 0.15) is 0 Å². The first kappa shape index (κ1) is 8.08. The van der Waals surface area contributed by atoms with Gasteiger partial charge in [-0.25, -0.2) is 0 Å². The second-order valence-electron chi connectivity index (χ2n) is 3.07. The minimum atomic E-state index is 0.533. The summed E-state index contributed by atoms with van der Waals surface area (Å²) in [6, 6.07) is 12.0. The highest BCUT2D eigenvalue weighted by Crippen LogP contribution is 2.24. The number of nitrogen functional groups attached to an aromatic ring is 1. The molecule has 0 spiro atoms. The molecule has 0 bridgehead atoms. The van der Waals surface area contributed by atoms with Crippen molar-refractivity contribution in [1.82, 2.24) is 0 Å². The Morgan fingerprint density at radius 1 is 1.00 bits per heavy atom. The van der Waals surface area contributed by atoms with Gasteiger partial charge in [0.15, 0.2) is 0 Å². The third-order valence-corrected chi connectivity index (χ3v) is 2.24. The first-order chi connectivity index (χ1) is 6.33. The van der Waals surface area contributed by atoms with E-state index in [0.29, 0.717) is 6.54 Å². The fourth-order valence-electron chi connectivity index (χ4n) is 1.62. The zero-order valence-electron chi connectivity index (χ0n) is 7.33. The molecule has 0 atom stereocenters. The molecule has 0 heterocycles. The van der Waals surface area contributed by atoms with Crippen LogP contribution in [0.5, 0.6) is 0 Å². The molecule has 0 aromatic heterocycles. The van der Waals surface area contributed by atoms with Gasteiger partial charge in [-0.3, -0.25) is 0 Å². The number of benzene rings is 2. The molecule has 0 fully saturated rings. The van der Waals surface area contributed by atoms with Gasteiger partial charge in [0.25, 0.3) is 0 Å². The maximum Gasteiger partial charge on any atom is 0.0397 e. The lowest BCUT2D eigenvalue weighted by molar-refractivity contribution is 1.09. The van der Waals surface area contributed by atoms with Crippen LogP contribution in [0.4, 0.5) is 5.69 Å². The first-order valence-corrected chi connectivity index (χ1v) is 4.29. The topological polar surface area (TPSA) is 52.0 Å². The maximum absolute atomic E-state index is 5.88. The average molecular weight is 172 g/mol. The summed E-state index contributed by atoms with van der Waals surface area (Å²) in [5.74, 6) is 0. The van der Waals surface area contributed by atoms with Gasteiger partial charge in [-0.15, -0.1) is 0 Å². The van der Waals surface area contributed by atoms with Crippen molar-refractivity contribution in [1.29, 1.82) is 0 Å². The van der Waals surface area contributed by atoms with E-state index in [9.17, 15) is 0 Å². The smallest absolute Gasteiger partial charge is 0.0397 e. The molecule has 0 aliphatic heterocycles. The lowest BCUT2D eigenvalue weighted by Crippen LogP contribution is -1.99. The van der Waals surface area contributed by atoms with Crippen LogP contribution in [0.25, 0.3) is 10.8 Å². The SMILES string of the molecule is NCc1cccc2cccc(N)c12. The predicted molar refractivity (Wildman–Crippen MR) is 56.3 cm³/mol. The summed E-state index contributed by atoms with van der Waals surface area (Å²) in [6.45, 7) is 0.533. The van der Waals surface area contributed by atoms with Crippen molar-refractivity contribution in [3.63, 3.8) is 0 Å². The fraction of sp³-hybridized carbons (Fsp3) is 0.0909. The van der Waals surface area contributed by atoms with E-state index < -0.39 is 0 Å². The van der Waals surface area contributed by atoms with Crippen LogP contribution in [0.15, 0.2) is 36.4 Å². The quantitative estimate of drug-likeness (QED) is 0.645. The van der Waals surface area contributed by atoms with E-state index in [1.165, 1.54) is 0 Å². The van der Waals surface area contributed by atoms with Crippen molar-refractivity contribution in [2.75, 3.05) is 5.73 Å². The Bertz CT molecular complexity index is 430. The van der Waals surface area contributed by atoms with Crippen LogP contribution in [-0.4, -0.2) is 0 Å². The van der Waals surface area contributed by atoms with Crippen LogP contribution < -0.4 is 11.5 Å². The Morgan fingerprint density at radius 3 is 2.38 bits per heavy atom. The summed E-state index contributed by atoms with van der Waals surface area (Å²) >= 11 is 0. The normalized spacial score (nSPS) is 10.5. The highest BCUT2D eigenvalue weighted by atomic mass is 14.6. The van der Waals surface area contributed by atoms with Crippen LogP contribution in [0.1, 0.15) is 5.56 Å². The molecule has 0 aliphatic carbocycles. The lowest BCUT2D eigenvalue weighted by atomic mass is 10.0. The van der Waals surface area contributed by atoms with E-state index in [0.717, 1.165) is 22.0 Å². The highest BCUT2D eigenvalue weighted by Gasteiger charge is 2.01. The van der Waals surface area contributed by atoms with Gasteiger partial charge in [0, 0.05) is 17.6 Å². The molecule has 2 aromatic rings. The molecule has 0 unspecified atom stereocenters. The Morgan fingerprint density at radius 2 is 1.69 bits per heavy atom. The summed E-state index contributed by atoms with van der Waals surface area (Å²) in [5.41, 5.74) is 13.4. The zero-order valence-corrected chi connectivity index (χ0v) is 7.33. The van der Waals surface area contributed by atoms with Crippen molar-refractivity contribution in [3.8, 4) is 0 Å². The average Bonchev–Trinajstić information content (AvgIpc) is 2.17. The summed E-state index contributed by atoms with van der Waals surface area (Å²) in [6.07, 6.45) is 0. The summed E-state index contributed by atoms with van der Waals surface area (Å²) in [5, 5.41) is 2.25. The van der Waals surface area contributed by atoms with Gasteiger partial charge in [0.05, 0.1) is 0 Å². The van der Waals surface area contributed by atoms with Crippen LogP contribution in [-0.2, 0) is 6.54 Å². The molecule has 4 N–H and O–H groups in total. The third-order valence-electron chi connectivity index (χ3n) is 2.24. The van der Waals surface area contributed by atoms with Crippen molar-refractivity contribution in [2.45, 2.75) is 6.54 Å². The zero-order chi connectivity index (χ0) is 9.26. The molecule has 2 heteroatoms. The van der Waals surface area contributed by atoms with E-state index in [4.69, 9.17) is 11.5 Å². The van der Waals surface area contributed by atoms with Gasteiger partial charge in [-0.05, 0) is 17.0 Å². The van der Waals surface area contributed by atoms with Crippen LogP contribution >= 0.6 is 0 Å². The van der Waals surface area contributed by atoms with Crippen molar-refractivity contribution in [3.05, 3.63) is 42.0 Å². The van der Waals surface area contributed by atoms with Crippen LogP contribution in [0.3, 0.4) is 0 Å². The summed E-state index contributed by atoms with van der Waals surface area (Å²) < 4.78 is 0. The van der Waals surface area contributed by atoms with E-state index in [2.05, 4.69) is 0 Å². The standard InChI is InChI=1S/C11H12N2/c12-7-9-5-1-3-8-4-2-6-10(13)11(8)9/h1-6H,7,12-13H2. The minimum Gasteiger partial charge on any atom is -0.398 e. The third kappa shape index (κ3) is 1.25. The largest absolute Gasteiger partial charge is 0.398 e. The van der Waals surface area contributed by atoms with E-state index in [1.807, 2.05) is 36.4 Å². The van der Waals surface area contributed by atoms with Gasteiger partial charge in [-0.1, -0.05) is 30.3 Å². The number of nitrogens with two attached hydrogens (primary N) is 2. The lowest BCUT2D eigenvalue weighted by Gasteiger charge is -2.06. The summed E-state index contributed by atoms with van der Waals surface area (Å²) in [7, 11) is 0. The second-order valence-corrected chi connectivity index (χ2v) is 3.07. The molecular weight excluding hydrogens is 160 g/mol. The highest BCUT2D eigenvalue weighted by molar-refractivity contribution is 5.95. The molecule has 0 aliphatic rings. The van der Waals surface area contributed by atoms with Crippen molar-refractivity contribution < 1.29 is 0 Å². The number of hydrogen-bond acceptors (Lipinski definition) is 2. The minimum absolute atomic E-state index is 0.533. The number of rotatable bonds is 1. The van der Waals surface area contributed by atoms with Crippen LogP contribution in [0, 0.1) is 0 Å². The van der Waals surface area contributed by atoms with E-state index >= 15 is 0 Å². The Hall–Kier alpha value is -1.54. The van der Waals surface area contributed by atoms with Crippen LogP contribution in [0.2, 0.25) is 0 Å². The molecule has 66 valence electrons. The van der Waals surface area contributed by atoms with Gasteiger partial charge in [-0.2, -0.15) is 0 Å². The van der Waals surface area contributed by atoms with Crippen molar-refractivity contribution >= 4 is 16.5 Å². The van der Waals surface area contributed by atoms with E-state index in [1.54, 1.807) is 0 Å². The number of hydrogen-bond donors (Lipinski definition) is 2. The maximum atomic E-state index is 5.88. The van der Waals surface area contributed by atoms with Gasteiger partial charge in [0.2, 0.25) is 0 Å². The monoisotopic (exact) mass is 172 g/mol. The molecular formula is C11H12N2. The first-order valence-electron chi connectivity index (χ1n) is 4.29. The molecule has 2 aromatic carbocycles. The van der Waals surface area contributed by atoms with E-state index in [-0.39, 0.29) is 0 Å². The molecule has 0 saturated heterocycles. The van der Waals surface area contributed by atoms with Crippen molar-refractivity contribution in [2.24, 2.45) is 5.73 Å². The molecule has 0 saturated carbocycles. The summed E-state index contributed by atoms with van der Waals surface area (Å²) in [4.78, 5) is 0. The Labute approximate surface area is 77.2 Å². The molecule has 2 nitrogen and oxygen atoms in total. The Balaban J connectivity index is 2.87. The molecule has 0 radical (unpaired) electrons. The molecule has 0 amide bonds. The fourth-order valence-corrected chi connectivity index (χ4v) is 1.62.